The van der Waals surface area contributed by atoms with Crippen LogP contribution in [0.4, 0.5) is 22.0 Å². The molecule has 0 aromatic rings. The quantitative estimate of drug-likeness (QED) is 0.391. The van der Waals surface area contributed by atoms with Crippen LogP contribution in [0.1, 0.15) is 64.2 Å². The summed E-state index contributed by atoms with van der Waals surface area (Å²) in [5.41, 5.74) is 0. The summed E-state index contributed by atoms with van der Waals surface area (Å²) in [5, 5.41) is 16.4. The molecule has 5 aliphatic rings. The molecule has 0 aromatic carbocycles. The van der Waals surface area contributed by atoms with Gasteiger partial charge in [0.15, 0.2) is 0 Å². The van der Waals surface area contributed by atoms with Crippen LogP contribution >= 0.6 is 0 Å². The summed E-state index contributed by atoms with van der Waals surface area (Å²) in [6.45, 7) is 0.489. The topological polar surface area (TPSA) is 131 Å². The molecule has 0 unspecified atom stereocenters. The summed E-state index contributed by atoms with van der Waals surface area (Å²) < 4.78 is 69.1. The van der Waals surface area contributed by atoms with E-state index in [4.69, 9.17) is 0 Å². The molecule has 5 fully saturated rings. The molecule has 5 rings (SSSR count). The van der Waals surface area contributed by atoms with Crippen molar-refractivity contribution in [3.8, 4) is 6.07 Å². The molecule has 3 N–H and O–H groups in total. The van der Waals surface area contributed by atoms with Gasteiger partial charge in [-0.25, -0.2) is 8.78 Å². The Hall–Kier alpha value is -2.98. The van der Waals surface area contributed by atoms with E-state index in [1.807, 2.05) is 6.07 Å². The van der Waals surface area contributed by atoms with Crippen molar-refractivity contribution in [1.29, 1.82) is 5.26 Å². The van der Waals surface area contributed by atoms with E-state index in [1.54, 1.807) is 5.32 Å². The molecule has 39 heavy (non-hydrogen) atoms. The lowest BCUT2D eigenvalue weighted by Gasteiger charge is -2.54. The smallest absolute Gasteiger partial charge is 0.356 e. The maximum atomic E-state index is 15.0. The number of hydrogen-bond acceptors (Lipinski definition) is 5. The molecule has 216 valence electrons. The highest BCUT2D eigenvalue weighted by atomic mass is 19.4. The first-order valence-electron chi connectivity index (χ1n) is 13.4. The highest BCUT2D eigenvalue weighted by Crippen LogP contribution is 2.49. The van der Waals surface area contributed by atoms with E-state index in [2.05, 4.69) is 10.6 Å². The third-order valence-electron chi connectivity index (χ3n) is 8.51. The minimum atomic E-state index is -5.26. The Morgan fingerprint density at radius 3 is 2.36 bits per heavy atom. The monoisotopic (exact) mass is 561 g/mol. The minimum Gasteiger partial charge on any atom is -0.356 e. The average molecular weight is 562 g/mol. The molecule has 0 aromatic heterocycles. The molecule has 6 atom stereocenters. The summed E-state index contributed by atoms with van der Waals surface area (Å²) >= 11 is 0. The fourth-order valence-corrected chi connectivity index (χ4v) is 6.27. The van der Waals surface area contributed by atoms with Crippen molar-refractivity contribution in [2.75, 3.05) is 6.54 Å². The SMILES string of the molecule is N#C[C@@H](C[C@H]1CCCNC1=O)NC(=O)[C@H]1[C@@H]2CC[C@@H](CC2(F)F)N1C(=O)[C@H](CC1CCC1)NC(=O)C(F)(F)F. The molecule has 2 aliphatic carbocycles. The zero-order valence-electron chi connectivity index (χ0n) is 21.2. The van der Waals surface area contributed by atoms with E-state index in [-0.39, 0.29) is 37.5 Å². The van der Waals surface area contributed by atoms with Crippen molar-refractivity contribution in [3.05, 3.63) is 0 Å². The number of nitriles is 1. The van der Waals surface area contributed by atoms with E-state index >= 15 is 0 Å². The number of piperidine rings is 3. The van der Waals surface area contributed by atoms with Crippen LogP contribution in [-0.2, 0) is 19.2 Å². The van der Waals surface area contributed by atoms with Crippen molar-refractivity contribution < 1.29 is 41.1 Å². The summed E-state index contributed by atoms with van der Waals surface area (Å²) in [6, 6.07) is -3.82. The van der Waals surface area contributed by atoms with E-state index < -0.39 is 72.2 Å². The molecule has 3 aliphatic heterocycles. The number of rotatable bonds is 8. The number of nitrogens with one attached hydrogen (secondary N) is 3. The number of halogens is 5. The van der Waals surface area contributed by atoms with Crippen LogP contribution in [0.15, 0.2) is 0 Å². The lowest BCUT2D eigenvalue weighted by atomic mass is 9.71. The van der Waals surface area contributed by atoms with Crippen molar-refractivity contribution >= 4 is 23.6 Å². The fraction of sp³-hybridized carbons (Fsp3) is 0.800. The highest BCUT2D eigenvalue weighted by Gasteiger charge is 2.61. The van der Waals surface area contributed by atoms with Gasteiger partial charge in [0.05, 0.1) is 12.0 Å². The molecule has 4 amide bonds. The van der Waals surface area contributed by atoms with Crippen LogP contribution in [0.2, 0.25) is 0 Å². The second kappa shape index (κ2) is 11.3. The van der Waals surface area contributed by atoms with Crippen molar-refractivity contribution in [2.45, 2.75) is 100 Å². The van der Waals surface area contributed by atoms with Crippen molar-refractivity contribution in [1.82, 2.24) is 20.9 Å². The highest BCUT2D eigenvalue weighted by molar-refractivity contribution is 5.94. The van der Waals surface area contributed by atoms with Crippen LogP contribution in [0, 0.1) is 29.1 Å². The van der Waals surface area contributed by atoms with Gasteiger partial charge in [-0.05, 0) is 44.4 Å². The Bertz CT molecular complexity index is 1030. The van der Waals surface area contributed by atoms with E-state index in [0.29, 0.717) is 32.2 Å². The number of hydrogen-bond donors (Lipinski definition) is 3. The van der Waals surface area contributed by atoms with Gasteiger partial charge in [0.25, 0.3) is 5.92 Å². The zero-order chi connectivity index (χ0) is 28.5. The molecule has 9 nitrogen and oxygen atoms in total. The Morgan fingerprint density at radius 1 is 1.08 bits per heavy atom. The van der Waals surface area contributed by atoms with E-state index in [1.165, 1.54) is 0 Å². The largest absolute Gasteiger partial charge is 0.471 e. The predicted molar refractivity (Wildman–Crippen MR) is 125 cm³/mol. The van der Waals surface area contributed by atoms with Gasteiger partial charge in [0.1, 0.15) is 18.1 Å². The summed E-state index contributed by atoms with van der Waals surface area (Å²) in [5.74, 6) is -10.2. The standard InChI is InChI=1S/C25H32F5N5O4/c26-24(27)11-16-6-7-17(24)19(21(37)33-15(12-31)10-14-5-2-8-32-20(14)36)35(16)22(38)18(9-13-3-1-4-13)34-23(39)25(28,29)30/h13-19H,1-11H2,(H,32,36)(H,33,37)(H,34,39)/t14-,15-,16+,17+,18+,19-/m1/s1. The summed E-state index contributed by atoms with van der Waals surface area (Å²) in [7, 11) is 0. The van der Waals surface area contributed by atoms with Gasteiger partial charge < -0.3 is 20.9 Å². The zero-order valence-corrected chi connectivity index (χ0v) is 21.2. The first-order chi connectivity index (χ1) is 18.3. The van der Waals surface area contributed by atoms with Crippen LogP contribution in [0.25, 0.3) is 0 Å². The second-order valence-corrected chi connectivity index (χ2v) is 11.1. The van der Waals surface area contributed by atoms with Crippen LogP contribution in [0.5, 0.6) is 0 Å². The van der Waals surface area contributed by atoms with Gasteiger partial charge in [-0.1, -0.05) is 19.3 Å². The normalized spacial score (nSPS) is 29.8. The maximum absolute atomic E-state index is 15.0. The predicted octanol–water partition coefficient (Wildman–Crippen LogP) is 2.16. The fourth-order valence-electron chi connectivity index (χ4n) is 6.27. The Kier molecular flexibility index (Phi) is 8.37. The first-order valence-corrected chi connectivity index (χ1v) is 13.4. The molecule has 2 saturated carbocycles. The van der Waals surface area contributed by atoms with Gasteiger partial charge in [-0.15, -0.1) is 0 Å². The van der Waals surface area contributed by atoms with E-state index in [0.717, 1.165) is 11.3 Å². The molecule has 14 heteroatoms. The van der Waals surface area contributed by atoms with Gasteiger partial charge in [0, 0.05) is 24.9 Å². The van der Waals surface area contributed by atoms with Gasteiger partial charge >= 0.3 is 12.1 Å². The van der Waals surface area contributed by atoms with Gasteiger partial charge in [-0.3, -0.25) is 19.2 Å². The lowest BCUT2D eigenvalue weighted by Crippen LogP contribution is -2.71. The molecule has 0 radical (unpaired) electrons. The van der Waals surface area contributed by atoms with E-state index in [9.17, 15) is 46.4 Å². The molecule has 3 saturated heterocycles. The Labute approximate surface area is 222 Å². The number of nitrogens with zero attached hydrogens (tertiary/aromatic N) is 2. The summed E-state index contributed by atoms with van der Waals surface area (Å²) in [4.78, 5) is 51.9. The summed E-state index contributed by atoms with van der Waals surface area (Å²) in [6.07, 6.45) is -2.84. The van der Waals surface area contributed by atoms with Crippen molar-refractivity contribution in [3.63, 3.8) is 0 Å². The second-order valence-electron chi connectivity index (χ2n) is 11.1. The Balaban J connectivity index is 1.57. The first kappa shape index (κ1) is 29.0. The number of alkyl halides is 5. The number of fused-ring (bicyclic) bond motifs is 3. The van der Waals surface area contributed by atoms with Crippen LogP contribution in [-0.4, -0.2) is 71.3 Å². The molecule has 2 bridgehead atoms. The van der Waals surface area contributed by atoms with Crippen LogP contribution < -0.4 is 16.0 Å². The maximum Gasteiger partial charge on any atom is 0.471 e. The minimum absolute atomic E-state index is 0.0504. The lowest BCUT2D eigenvalue weighted by molar-refractivity contribution is -0.196. The van der Waals surface area contributed by atoms with Gasteiger partial charge in [-0.2, -0.15) is 18.4 Å². The molecule has 0 spiro atoms. The number of carbonyl (C=O) groups is 4. The number of carbonyl (C=O) groups excluding carboxylic acids is 4. The van der Waals surface area contributed by atoms with Gasteiger partial charge in [0.2, 0.25) is 17.7 Å². The Morgan fingerprint density at radius 2 is 1.79 bits per heavy atom. The average Bonchev–Trinajstić information content (AvgIpc) is 2.84. The molecular weight excluding hydrogens is 529 g/mol. The van der Waals surface area contributed by atoms with Crippen molar-refractivity contribution in [2.24, 2.45) is 17.8 Å². The third kappa shape index (κ3) is 6.27. The number of amides is 4. The molecule has 3 heterocycles. The third-order valence-corrected chi connectivity index (χ3v) is 8.51. The van der Waals surface area contributed by atoms with Crippen LogP contribution in [0.3, 0.4) is 0 Å². The molecular formula is C25H32F5N5O4.